The van der Waals surface area contributed by atoms with Crippen LogP contribution in [0.2, 0.25) is 0 Å². The van der Waals surface area contributed by atoms with Gasteiger partial charge in [-0.25, -0.2) is 8.78 Å². The lowest BCUT2D eigenvalue weighted by Gasteiger charge is -2.19. The van der Waals surface area contributed by atoms with E-state index >= 15 is 0 Å². The lowest BCUT2D eigenvalue weighted by atomic mass is 10.1. The predicted octanol–water partition coefficient (Wildman–Crippen LogP) is 2.67. The van der Waals surface area contributed by atoms with E-state index in [0.29, 0.717) is 17.2 Å². The first kappa shape index (κ1) is 15.1. The Morgan fingerprint density at radius 3 is 2.95 bits per heavy atom. The van der Waals surface area contributed by atoms with Crippen LogP contribution in [-0.4, -0.2) is 24.4 Å². The third-order valence-electron chi connectivity index (χ3n) is 3.29. The van der Waals surface area contributed by atoms with E-state index in [-0.39, 0.29) is 12.1 Å². The molecule has 1 saturated heterocycles. The van der Waals surface area contributed by atoms with Gasteiger partial charge in [-0.2, -0.15) is 0 Å². The summed E-state index contributed by atoms with van der Waals surface area (Å²) in [6, 6.07) is 3.20. The smallest absolute Gasteiger partial charge is 0.166 e. The van der Waals surface area contributed by atoms with E-state index in [4.69, 9.17) is 17.0 Å². The fourth-order valence-electron chi connectivity index (χ4n) is 2.19. The summed E-state index contributed by atoms with van der Waals surface area (Å²) < 4.78 is 31.9. The van der Waals surface area contributed by atoms with Crippen LogP contribution in [0.5, 0.6) is 0 Å². The van der Waals surface area contributed by atoms with Crippen molar-refractivity contribution in [1.29, 1.82) is 0 Å². The molecule has 0 aromatic heterocycles. The molecule has 3 nitrogen and oxygen atoms in total. The zero-order valence-electron chi connectivity index (χ0n) is 11.3. The van der Waals surface area contributed by atoms with E-state index < -0.39 is 11.6 Å². The van der Waals surface area contributed by atoms with Crippen LogP contribution >= 0.6 is 12.2 Å². The zero-order chi connectivity index (χ0) is 14.5. The SMILES string of the molecule is C[C@@H](NC(=S)NC[C@@H]1CCCO1)c1ccc(F)cc1F. The van der Waals surface area contributed by atoms with Crippen LogP contribution in [0.3, 0.4) is 0 Å². The minimum absolute atomic E-state index is 0.188. The number of ether oxygens (including phenoxy) is 1. The maximum atomic E-state index is 13.6. The highest BCUT2D eigenvalue weighted by atomic mass is 32.1. The standard InChI is InChI=1S/C14H18F2N2OS/c1-9(12-5-4-10(15)7-13(12)16)18-14(20)17-8-11-3-2-6-19-11/h4-5,7,9,11H,2-3,6,8H2,1H3,(H2,17,18,20)/t9-,11+/m1/s1. The van der Waals surface area contributed by atoms with Crippen molar-refractivity contribution in [2.45, 2.75) is 31.9 Å². The molecule has 1 aliphatic heterocycles. The van der Waals surface area contributed by atoms with Crippen molar-refractivity contribution in [3.8, 4) is 0 Å². The maximum absolute atomic E-state index is 13.6. The van der Waals surface area contributed by atoms with Crippen LogP contribution < -0.4 is 10.6 Å². The summed E-state index contributed by atoms with van der Waals surface area (Å²) in [7, 11) is 0. The van der Waals surface area contributed by atoms with Gasteiger partial charge < -0.3 is 15.4 Å². The Labute approximate surface area is 122 Å². The molecule has 110 valence electrons. The average molecular weight is 300 g/mol. The van der Waals surface area contributed by atoms with E-state index in [2.05, 4.69) is 10.6 Å². The van der Waals surface area contributed by atoms with Crippen LogP contribution in [-0.2, 0) is 4.74 Å². The Hall–Kier alpha value is -1.27. The molecule has 0 radical (unpaired) electrons. The van der Waals surface area contributed by atoms with Crippen LogP contribution in [0.1, 0.15) is 31.4 Å². The fourth-order valence-corrected chi connectivity index (χ4v) is 2.45. The van der Waals surface area contributed by atoms with Gasteiger partial charge in [-0.3, -0.25) is 0 Å². The predicted molar refractivity (Wildman–Crippen MR) is 77.5 cm³/mol. The van der Waals surface area contributed by atoms with Crippen molar-refractivity contribution < 1.29 is 13.5 Å². The first-order valence-electron chi connectivity index (χ1n) is 6.67. The van der Waals surface area contributed by atoms with Crippen LogP contribution in [0.4, 0.5) is 8.78 Å². The zero-order valence-corrected chi connectivity index (χ0v) is 12.1. The molecule has 1 aromatic carbocycles. The van der Waals surface area contributed by atoms with Crippen molar-refractivity contribution in [2.24, 2.45) is 0 Å². The fraction of sp³-hybridized carbons (Fsp3) is 0.500. The highest BCUT2D eigenvalue weighted by molar-refractivity contribution is 7.80. The number of hydrogen-bond acceptors (Lipinski definition) is 2. The summed E-state index contributed by atoms with van der Waals surface area (Å²) in [5, 5.41) is 6.48. The third-order valence-corrected chi connectivity index (χ3v) is 3.55. The molecule has 2 atom stereocenters. The maximum Gasteiger partial charge on any atom is 0.166 e. The number of rotatable bonds is 4. The van der Waals surface area contributed by atoms with E-state index in [1.54, 1.807) is 6.92 Å². The van der Waals surface area contributed by atoms with Crippen LogP contribution in [0.25, 0.3) is 0 Å². The molecule has 0 amide bonds. The molecule has 1 aromatic rings. The largest absolute Gasteiger partial charge is 0.376 e. The molecule has 2 rings (SSSR count). The normalized spacial score (nSPS) is 19.6. The molecule has 0 saturated carbocycles. The number of nitrogens with one attached hydrogen (secondary N) is 2. The lowest BCUT2D eigenvalue weighted by molar-refractivity contribution is 0.114. The third kappa shape index (κ3) is 4.11. The van der Waals surface area contributed by atoms with Crippen molar-refractivity contribution in [1.82, 2.24) is 10.6 Å². The van der Waals surface area contributed by atoms with Crippen LogP contribution in [0, 0.1) is 11.6 Å². The van der Waals surface area contributed by atoms with E-state index in [9.17, 15) is 8.78 Å². The van der Waals surface area contributed by atoms with E-state index in [1.165, 1.54) is 12.1 Å². The summed E-state index contributed by atoms with van der Waals surface area (Å²) >= 11 is 5.16. The molecule has 20 heavy (non-hydrogen) atoms. The molecule has 1 heterocycles. The minimum atomic E-state index is -0.586. The van der Waals surface area contributed by atoms with Gasteiger partial charge >= 0.3 is 0 Å². The molecule has 2 N–H and O–H groups in total. The molecule has 0 bridgehead atoms. The second-order valence-corrected chi connectivity index (χ2v) is 5.29. The lowest BCUT2D eigenvalue weighted by Crippen LogP contribution is -2.40. The van der Waals surface area contributed by atoms with E-state index in [1.807, 2.05) is 0 Å². The summed E-state index contributed by atoms with van der Waals surface area (Å²) in [5.74, 6) is -1.16. The minimum Gasteiger partial charge on any atom is -0.376 e. The van der Waals surface area contributed by atoms with Gasteiger partial charge in [0.25, 0.3) is 0 Å². The Bertz CT molecular complexity index is 478. The Morgan fingerprint density at radius 1 is 1.50 bits per heavy atom. The van der Waals surface area contributed by atoms with Crippen molar-refractivity contribution in [2.75, 3.05) is 13.2 Å². The number of thiocarbonyl (C=S) groups is 1. The first-order valence-corrected chi connectivity index (χ1v) is 7.08. The molecule has 1 fully saturated rings. The van der Waals surface area contributed by atoms with Gasteiger partial charge in [0.05, 0.1) is 12.1 Å². The number of halogens is 2. The van der Waals surface area contributed by atoms with E-state index in [0.717, 1.165) is 25.5 Å². The molecular weight excluding hydrogens is 282 g/mol. The van der Waals surface area contributed by atoms with Crippen LogP contribution in [0.15, 0.2) is 18.2 Å². The van der Waals surface area contributed by atoms with Gasteiger partial charge in [0.1, 0.15) is 11.6 Å². The second-order valence-electron chi connectivity index (χ2n) is 4.88. The monoisotopic (exact) mass is 300 g/mol. The Morgan fingerprint density at radius 2 is 2.30 bits per heavy atom. The Balaban J connectivity index is 1.83. The molecule has 0 unspecified atom stereocenters. The first-order chi connectivity index (χ1) is 9.56. The van der Waals surface area contributed by atoms with Gasteiger partial charge in [-0.1, -0.05) is 6.07 Å². The number of hydrogen-bond donors (Lipinski definition) is 2. The molecule has 0 aliphatic carbocycles. The molecule has 0 spiro atoms. The van der Waals surface area contributed by atoms with Gasteiger partial charge in [-0.15, -0.1) is 0 Å². The van der Waals surface area contributed by atoms with Crippen molar-refractivity contribution >= 4 is 17.3 Å². The summed E-state index contributed by atoms with van der Waals surface area (Å²) in [4.78, 5) is 0. The quantitative estimate of drug-likeness (QED) is 0.838. The highest BCUT2D eigenvalue weighted by Crippen LogP contribution is 2.17. The topological polar surface area (TPSA) is 33.3 Å². The second kappa shape index (κ2) is 6.95. The Kier molecular flexibility index (Phi) is 5.25. The molecule has 6 heteroatoms. The molecular formula is C14H18F2N2OS. The van der Waals surface area contributed by atoms with Gasteiger partial charge in [0.15, 0.2) is 5.11 Å². The average Bonchev–Trinajstić information content (AvgIpc) is 2.89. The van der Waals surface area contributed by atoms with Crippen molar-refractivity contribution in [3.63, 3.8) is 0 Å². The number of benzene rings is 1. The van der Waals surface area contributed by atoms with Gasteiger partial charge in [0.2, 0.25) is 0 Å². The summed E-state index contributed by atoms with van der Waals surface area (Å²) in [5.41, 5.74) is 0.382. The van der Waals surface area contributed by atoms with Crippen molar-refractivity contribution in [3.05, 3.63) is 35.4 Å². The molecule has 1 aliphatic rings. The highest BCUT2D eigenvalue weighted by Gasteiger charge is 2.16. The summed E-state index contributed by atoms with van der Waals surface area (Å²) in [6.07, 6.45) is 2.29. The van der Waals surface area contributed by atoms with Gasteiger partial charge in [0, 0.05) is 24.8 Å². The summed E-state index contributed by atoms with van der Waals surface area (Å²) in [6.45, 7) is 3.21. The van der Waals surface area contributed by atoms with Gasteiger partial charge in [-0.05, 0) is 38.0 Å².